The first-order chi connectivity index (χ1) is 8.74. The van der Waals surface area contributed by atoms with Gasteiger partial charge in [-0.15, -0.1) is 0 Å². The van der Waals surface area contributed by atoms with Gasteiger partial charge in [-0.3, -0.25) is 0 Å². The molecule has 0 radical (unpaired) electrons. The smallest absolute Gasteiger partial charge is 0.124 e. The molecule has 0 saturated carbocycles. The molecule has 0 spiro atoms. The molecule has 1 heterocycles. The highest BCUT2D eigenvalue weighted by molar-refractivity contribution is 5.37. The van der Waals surface area contributed by atoms with E-state index in [9.17, 15) is 10.2 Å². The summed E-state index contributed by atoms with van der Waals surface area (Å²) in [6.07, 6.45) is 1.53. The Balaban J connectivity index is 2.20. The van der Waals surface area contributed by atoms with Crippen molar-refractivity contribution in [3.05, 3.63) is 29.8 Å². The molecule has 0 fully saturated rings. The van der Waals surface area contributed by atoms with Gasteiger partial charge in [0.2, 0.25) is 0 Å². The molecule has 0 saturated heterocycles. The molecule has 1 aromatic rings. The summed E-state index contributed by atoms with van der Waals surface area (Å²) < 4.78 is 5.60. The molecule has 2 rings (SSSR count). The van der Waals surface area contributed by atoms with Crippen LogP contribution >= 0.6 is 0 Å². The maximum Gasteiger partial charge on any atom is 0.124 e. The zero-order valence-electron chi connectivity index (χ0n) is 10.7. The average Bonchev–Trinajstić information content (AvgIpc) is 2.45. The van der Waals surface area contributed by atoms with E-state index in [-0.39, 0.29) is 19.3 Å². The summed E-state index contributed by atoms with van der Waals surface area (Å²) >= 11 is 0. The van der Waals surface area contributed by atoms with Gasteiger partial charge < -0.3 is 20.3 Å². The normalized spacial score (nSPS) is 19.2. The number of benzene rings is 1. The predicted molar refractivity (Wildman–Crippen MR) is 69.6 cm³/mol. The lowest BCUT2D eigenvalue weighted by molar-refractivity contribution is 0.0709. The van der Waals surface area contributed by atoms with Gasteiger partial charge in [-0.2, -0.15) is 0 Å². The number of ether oxygens (including phenoxy) is 1. The summed E-state index contributed by atoms with van der Waals surface area (Å²) in [5, 5.41) is 22.4. The number of hydrogen-bond acceptors (Lipinski definition) is 4. The lowest BCUT2D eigenvalue weighted by Crippen LogP contribution is -2.53. The van der Waals surface area contributed by atoms with Crippen molar-refractivity contribution in [3.8, 4) is 5.75 Å². The second kappa shape index (κ2) is 5.69. The first kappa shape index (κ1) is 13.3. The predicted octanol–water partition coefficient (Wildman–Crippen LogP) is 1.23. The van der Waals surface area contributed by atoms with E-state index in [4.69, 9.17) is 4.74 Å². The van der Waals surface area contributed by atoms with Crippen molar-refractivity contribution >= 4 is 0 Å². The van der Waals surface area contributed by atoms with E-state index in [1.807, 2.05) is 31.2 Å². The second-order valence-electron chi connectivity index (χ2n) is 4.82. The highest BCUT2D eigenvalue weighted by atomic mass is 16.5. The van der Waals surface area contributed by atoms with Crippen molar-refractivity contribution < 1.29 is 14.9 Å². The Morgan fingerprint density at radius 3 is 2.72 bits per heavy atom. The molecule has 1 aliphatic rings. The number of nitrogens with one attached hydrogen (secondary N) is 1. The molecule has 4 heteroatoms. The van der Waals surface area contributed by atoms with Gasteiger partial charge in [-0.05, 0) is 12.5 Å². The fourth-order valence-corrected chi connectivity index (χ4v) is 2.33. The Morgan fingerprint density at radius 1 is 1.33 bits per heavy atom. The van der Waals surface area contributed by atoms with Crippen LogP contribution in [0.15, 0.2) is 24.3 Å². The van der Waals surface area contributed by atoms with E-state index in [2.05, 4.69) is 5.32 Å². The first-order valence-electron chi connectivity index (χ1n) is 6.46. The van der Waals surface area contributed by atoms with Crippen LogP contribution in [-0.2, 0) is 0 Å². The number of rotatable bonds is 5. The highest BCUT2D eigenvalue weighted by Crippen LogP contribution is 2.33. The van der Waals surface area contributed by atoms with Gasteiger partial charge in [-0.25, -0.2) is 0 Å². The molecule has 3 N–H and O–H groups in total. The summed E-state index contributed by atoms with van der Waals surface area (Å²) in [6.45, 7) is 2.48. The van der Waals surface area contributed by atoms with Crippen LogP contribution in [0.5, 0.6) is 5.75 Å². The van der Waals surface area contributed by atoms with Crippen molar-refractivity contribution in [2.75, 3.05) is 19.8 Å². The quantitative estimate of drug-likeness (QED) is 0.736. The third kappa shape index (κ3) is 2.51. The maximum absolute atomic E-state index is 9.50. The molecule has 0 bridgehead atoms. The van der Waals surface area contributed by atoms with Crippen LogP contribution in [0.2, 0.25) is 0 Å². The van der Waals surface area contributed by atoms with Crippen molar-refractivity contribution in [3.63, 3.8) is 0 Å². The fourth-order valence-electron chi connectivity index (χ4n) is 2.33. The number of hydrogen-bond donors (Lipinski definition) is 3. The third-order valence-corrected chi connectivity index (χ3v) is 3.72. The molecule has 1 unspecified atom stereocenters. The van der Waals surface area contributed by atoms with Crippen LogP contribution < -0.4 is 10.1 Å². The lowest BCUT2D eigenvalue weighted by atomic mass is 9.92. The number of aliphatic hydroxyl groups is 2. The molecule has 0 aliphatic carbocycles. The summed E-state index contributed by atoms with van der Waals surface area (Å²) in [6, 6.07) is 8.03. The Bertz CT molecular complexity index is 382. The van der Waals surface area contributed by atoms with Crippen LogP contribution in [0.3, 0.4) is 0 Å². The van der Waals surface area contributed by atoms with Gasteiger partial charge in [0, 0.05) is 18.0 Å². The summed E-state index contributed by atoms with van der Waals surface area (Å²) in [4.78, 5) is 0. The van der Waals surface area contributed by atoms with Crippen molar-refractivity contribution in [2.24, 2.45) is 0 Å². The van der Waals surface area contributed by atoms with Crippen molar-refractivity contribution in [2.45, 2.75) is 31.3 Å². The van der Waals surface area contributed by atoms with Gasteiger partial charge in [0.05, 0.1) is 25.4 Å². The first-order valence-corrected chi connectivity index (χ1v) is 6.46. The minimum atomic E-state index is -0.616. The van der Waals surface area contributed by atoms with E-state index in [1.54, 1.807) is 0 Å². The van der Waals surface area contributed by atoms with Gasteiger partial charge >= 0.3 is 0 Å². The molecule has 18 heavy (non-hydrogen) atoms. The molecule has 4 nitrogen and oxygen atoms in total. The standard InChI is InChI=1S/C14H21NO3/c1-2-14(9-16,10-17)15-12-7-8-18-13-6-4-3-5-11(12)13/h3-6,12,15-17H,2,7-10H2,1H3. The Hall–Kier alpha value is -1.10. The number of aliphatic hydroxyl groups excluding tert-OH is 2. The largest absolute Gasteiger partial charge is 0.493 e. The summed E-state index contributed by atoms with van der Waals surface area (Å²) in [5.41, 5.74) is 0.484. The van der Waals surface area contributed by atoms with E-state index in [0.717, 1.165) is 17.7 Å². The monoisotopic (exact) mass is 251 g/mol. The van der Waals surface area contributed by atoms with Crippen LogP contribution in [0, 0.1) is 0 Å². The van der Waals surface area contributed by atoms with E-state index >= 15 is 0 Å². The highest BCUT2D eigenvalue weighted by Gasteiger charge is 2.32. The van der Waals surface area contributed by atoms with Gasteiger partial charge in [0.15, 0.2) is 0 Å². The van der Waals surface area contributed by atoms with E-state index in [1.165, 1.54) is 0 Å². The van der Waals surface area contributed by atoms with E-state index in [0.29, 0.717) is 13.0 Å². The van der Waals surface area contributed by atoms with Crippen molar-refractivity contribution in [1.29, 1.82) is 0 Å². The fraction of sp³-hybridized carbons (Fsp3) is 0.571. The Labute approximate surface area is 108 Å². The Morgan fingerprint density at radius 2 is 2.06 bits per heavy atom. The minimum Gasteiger partial charge on any atom is -0.493 e. The molecule has 100 valence electrons. The number of para-hydroxylation sites is 1. The summed E-state index contributed by atoms with van der Waals surface area (Å²) in [5.74, 6) is 0.891. The topological polar surface area (TPSA) is 61.7 Å². The van der Waals surface area contributed by atoms with Crippen LogP contribution in [0.25, 0.3) is 0 Å². The van der Waals surface area contributed by atoms with Crippen molar-refractivity contribution in [1.82, 2.24) is 5.32 Å². The van der Waals surface area contributed by atoms with Gasteiger partial charge in [0.25, 0.3) is 0 Å². The zero-order chi connectivity index (χ0) is 13.0. The van der Waals surface area contributed by atoms with Crippen LogP contribution in [0.1, 0.15) is 31.4 Å². The minimum absolute atomic E-state index is 0.0699. The SMILES string of the molecule is CCC(CO)(CO)NC1CCOc2ccccc21. The molecular weight excluding hydrogens is 230 g/mol. The average molecular weight is 251 g/mol. The maximum atomic E-state index is 9.50. The molecular formula is C14H21NO3. The van der Waals surface area contributed by atoms with E-state index < -0.39 is 5.54 Å². The lowest BCUT2D eigenvalue weighted by Gasteiger charge is -2.37. The molecule has 0 aromatic heterocycles. The number of fused-ring (bicyclic) bond motifs is 1. The molecule has 0 amide bonds. The molecule has 1 aliphatic heterocycles. The molecule has 1 aromatic carbocycles. The zero-order valence-corrected chi connectivity index (χ0v) is 10.7. The second-order valence-corrected chi connectivity index (χ2v) is 4.82. The van der Waals surface area contributed by atoms with Gasteiger partial charge in [-0.1, -0.05) is 25.1 Å². The third-order valence-electron chi connectivity index (χ3n) is 3.72. The van der Waals surface area contributed by atoms with Gasteiger partial charge in [0.1, 0.15) is 5.75 Å². The Kier molecular flexibility index (Phi) is 4.22. The molecule has 1 atom stereocenters. The summed E-state index contributed by atoms with van der Waals surface area (Å²) in [7, 11) is 0. The van der Waals surface area contributed by atoms with Crippen LogP contribution in [-0.4, -0.2) is 35.6 Å². The van der Waals surface area contributed by atoms with Crippen LogP contribution in [0.4, 0.5) is 0 Å².